The quantitative estimate of drug-likeness (QED) is 0.570. The summed E-state index contributed by atoms with van der Waals surface area (Å²) in [5, 5.41) is 13.1. The fourth-order valence-corrected chi connectivity index (χ4v) is 3.41. The predicted molar refractivity (Wildman–Crippen MR) is 125 cm³/mol. The van der Waals surface area contributed by atoms with Gasteiger partial charge in [-0.05, 0) is 60.9 Å². The molecular formula is C25H28ClN3O2. The molecule has 1 aromatic heterocycles. The zero-order valence-corrected chi connectivity index (χ0v) is 19.3. The summed E-state index contributed by atoms with van der Waals surface area (Å²) in [5.41, 5.74) is 4.01. The summed E-state index contributed by atoms with van der Waals surface area (Å²) >= 11 is 6.06. The van der Waals surface area contributed by atoms with Gasteiger partial charge in [0.15, 0.2) is 0 Å². The molecule has 0 bridgehead atoms. The van der Waals surface area contributed by atoms with Crippen molar-refractivity contribution >= 4 is 17.5 Å². The number of halogens is 1. The SMILES string of the molecule is CC(C)(CO)NC(=O)c1cc(-c2ccc(Cl)cc2)cc(-c2cncnc2C(C)(C)C)c1. The van der Waals surface area contributed by atoms with Gasteiger partial charge in [-0.15, -0.1) is 0 Å². The molecule has 0 saturated carbocycles. The summed E-state index contributed by atoms with van der Waals surface area (Å²) in [5.74, 6) is -0.259. The van der Waals surface area contributed by atoms with E-state index < -0.39 is 5.54 Å². The molecule has 0 fully saturated rings. The molecule has 1 amide bonds. The summed E-state index contributed by atoms with van der Waals surface area (Å²) in [7, 11) is 0. The third-order valence-corrected chi connectivity index (χ3v) is 5.21. The third kappa shape index (κ3) is 5.49. The van der Waals surface area contributed by atoms with Gasteiger partial charge in [0.25, 0.3) is 5.91 Å². The summed E-state index contributed by atoms with van der Waals surface area (Å²) in [6.07, 6.45) is 3.33. The van der Waals surface area contributed by atoms with Gasteiger partial charge in [0.1, 0.15) is 6.33 Å². The third-order valence-electron chi connectivity index (χ3n) is 4.95. The fourth-order valence-electron chi connectivity index (χ4n) is 3.28. The fraction of sp³-hybridized carbons (Fsp3) is 0.320. The number of rotatable bonds is 5. The van der Waals surface area contributed by atoms with E-state index in [-0.39, 0.29) is 17.9 Å². The molecule has 0 radical (unpaired) electrons. The van der Waals surface area contributed by atoms with Crippen LogP contribution < -0.4 is 5.32 Å². The standard InChI is InChI=1S/C25H28ClN3O2/c1-24(2,3)22-21(13-27-15-28-22)18-10-17(16-6-8-20(26)9-7-16)11-19(12-18)23(31)29-25(4,5)14-30/h6-13,15,30H,14H2,1-5H3,(H,29,31). The minimum atomic E-state index is -0.736. The average Bonchev–Trinajstić information content (AvgIpc) is 2.73. The molecule has 3 rings (SSSR count). The number of aliphatic hydroxyl groups excluding tert-OH is 1. The summed E-state index contributed by atoms with van der Waals surface area (Å²) in [6, 6.07) is 13.2. The van der Waals surface area contributed by atoms with Crippen molar-refractivity contribution in [2.45, 2.75) is 45.6 Å². The highest BCUT2D eigenvalue weighted by Gasteiger charge is 2.24. The molecule has 5 nitrogen and oxygen atoms in total. The zero-order valence-electron chi connectivity index (χ0n) is 18.5. The number of carbonyl (C=O) groups is 1. The van der Waals surface area contributed by atoms with E-state index in [9.17, 15) is 9.90 Å². The van der Waals surface area contributed by atoms with Gasteiger partial charge in [0.2, 0.25) is 0 Å². The molecule has 31 heavy (non-hydrogen) atoms. The number of nitrogens with zero attached hydrogens (tertiary/aromatic N) is 2. The summed E-state index contributed by atoms with van der Waals surface area (Å²) < 4.78 is 0. The molecule has 0 aliphatic carbocycles. The lowest BCUT2D eigenvalue weighted by atomic mass is 9.85. The lowest BCUT2D eigenvalue weighted by Gasteiger charge is -2.24. The Morgan fingerprint density at radius 3 is 2.26 bits per heavy atom. The van der Waals surface area contributed by atoms with Gasteiger partial charge < -0.3 is 10.4 Å². The van der Waals surface area contributed by atoms with E-state index in [1.165, 1.54) is 0 Å². The second kappa shape index (κ2) is 8.77. The van der Waals surface area contributed by atoms with Crippen LogP contribution in [-0.2, 0) is 5.41 Å². The minimum absolute atomic E-state index is 0.164. The Balaban J connectivity index is 2.19. The lowest BCUT2D eigenvalue weighted by molar-refractivity contribution is 0.0869. The number of aliphatic hydroxyl groups is 1. The van der Waals surface area contributed by atoms with Crippen LogP contribution in [0.15, 0.2) is 55.0 Å². The number of amides is 1. The predicted octanol–water partition coefficient (Wildman–Crippen LogP) is 5.26. The van der Waals surface area contributed by atoms with E-state index >= 15 is 0 Å². The van der Waals surface area contributed by atoms with Gasteiger partial charge in [0.05, 0.1) is 17.8 Å². The summed E-state index contributed by atoms with van der Waals surface area (Å²) in [4.78, 5) is 21.8. The first-order valence-corrected chi connectivity index (χ1v) is 10.5. The van der Waals surface area contributed by atoms with Crippen molar-refractivity contribution in [2.24, 2.45) is 0 Å². The van der Waals surface area contributed by atoms with Crippen LogP contribution in [0.3, 0.4) is 0 Å². The van der Waals surface area contributed by atoms with Crippen molar-refractivity contribution in [3.05, 3.63) is 71.3 Å². The van der Waals surface area contributed by atoms with Crippen molar-refractivity contribution in [1.29, 1.82) is 0 Å². The molecule has 0 aliphatic heterocycles. The number of hydrogen-bond acceptors (Lipinski definition) is 4. The van der Waals surface area contributed by atoms with Crippen LogP contribution in [0.5, 0.6) is 0 Å². The zero-order chi connectivity index (χ0) is 22.8. The molecule has 0 spiro atoms. The van der Waals surface area contributed by atoms with E-state index in [1.54, 1.807) is 26.4 Å². The Kier molecular flexibility index (Phi) is 6.48. The number of aromatic nitrogens is 2. The van der Waals surface area contributed by atoms with Crippen molar-refractivity contribution in [1.82, 2.24) is 15.3 Å². The largest absolute Gasteiger partial charge is 0.394 e. The highest BCUT2D eigenvalue weighted by Crippen LogP contribution is 2.34. The van der Waals surface area contributed by atoms with Crippen LogP contribution in [0.1, 0.15) is 50.7 Å². The Morgan fingerprint density at radius 2 is 1.65 bits per heavy atom. The molecule has 3 aromatic rings. The highest BCUT2D eigenvalue weighted by molar-refractivity contribution is 6.30. The first-order valence-electron chi connectivity index (χ1n) is 10.2. The van der Waals surface area contributed by atoms with Crippen molar-refractivity contribution < 1.29 is 9.90 Å². The number of nitrogens with one attached hydrogen (secondary N) is 1. The maximum absolute atomic E-state index is 13.0. The monoisotopic (exact) mass is 437 g/mol. The molecular weight excluding hydrogens is 410 g/mol. The van der Waals surface area contributed by atoms with Crippen LogP contribution in [0.25, 0.3) is 22.3 Å². The van der Waals surface area contributed by atoms with Crippen LogP contribution in [0, 0.1) is 0 Å². The van der Waals surface area contributed by atoms with Crippen LogP contribution in [0.2, 0.25) is 5.02 Å². The van der Waals surface area contributed by atoms with Gasteiger partial charge in [-0.1, -0.05) is 44.5 Å². The molecule has 0 aliphatic rings. The Labute approximate surface area is 188 Å². The Hall–Kier alpha value is -2.76. The van der Waals surface area contributed by atoms with Crippen LogP contribution in [0.4, 0.5) is 0 Å². The van der Waals surface area contributed by atoms with Crippen molar-refractivity contribution in [2.75, 3.05) is 6.61 Å². The molecule has 162 valence electrons. The highest BCUT2D eigenvalue weighted by atomic mass is 35.5. The number of carbonyl (C=O) groups excluding carboxylic acids is 1. The number of hydrogen-bond donors (Lipinski definition) is 2. The summed E-state index contributed by atoms with van der Waals surface area (Å²) in [6.45, 7) is 9.68. The topological polar surface area (TPSA) is 75.1 Å². The maximum Gasteiger partial charge on any atom is 0.251 e. The van der Waals surface area contributed by atoms with E-state index in [0.717, 1.165) is 27.9 Å². The van der Waals surface area contributed by atoms with E-state index in [2.05, 4.69) is 36.1 Å². The minimum Gasteiger partial charge on any atom is -0.394 e. The smallest absolute Gasteiger partial charge is 0.251 e. The van der Waals surface area contributed by atoms with Crippen molar-refractivity contribution in [3.63, 3.8) is 0 Å². The first-order chi connectivity index (χ1) is 14.5. The number of benzene rings is 2. The molecule has 6 heteroatoms. The molecule has 2 N–H and O–H groups in total. The van der Waals surface area contributed by atoms with E-state index in [4.69, 9.17) is 11.6 Å². The maximum atomic E-state index is 13.0. The Morgan fingerprint density at radius 1 is 1.00 bits per heavy atom. The second-order valence-electron chi connectivity index (χ2n) is 9.34. The van der Waals surface area contributed by atoms with Gasteiger partial charge in [-0.2, -0.15) is 0 Å². The molecule has 1 heterocycles. The second-order valence-corrected chi connectivity index (χ2v) is 9.77. The van der Waals surface area contributed by atoms with Gasteiger partial charge in [-0.3, -0.25) is 4.79 Å². The molecule has 0 unspecified atom stereocenters. The van der Waals surface area contributed by atoms with Gasteiger partial charge in [-0.25, -0.2) is 9.97 Å². The van der Waals surface area contributed by atoms with Crippen LogP contribution >= 0.6 is 11.6 Å². The molecule has 0 saturated heterocycles. The molecule has 0 atom stereocenters. The van der Waals surface area contributed by atoms with Crippen molar-refractivity contribution in [3.8, 4) is 22.3 Å². The first kappa shape index (κ1) is 22.9. The van der Waals surface area contributed by atoms with Crippen LogP contribution in [-0.4, -0.2) is 33.1 Å². The van der Waals surface area contributed by atoms with E-state index in [1.807, 2.05) is 42.5 Å². The van der Waals surface area contributed by atoms with E-state index in [0.29, 0.717) is 10.6 Å². The normalized spacial score (nSPS) is 12.0. The Bertz CT molecular complexity index is 1090. The molecule has 2 aromatic carbocycles. The average molecular weight is 438 g/mol. The lowest BCUT2D eigenvalue weighted by Crippen LogP contribution is -2.46. The van der Waals surface area contributed by atoms with Gasteiger partial charge >= 0.3 is 0 Å². The van der Waals surface area contributed by atoms with Gasteiger partial charge in [0, 0.05) is 27.8 Å².